The highest BCUT2D eigenvalue weighted by molar-refractivity contribution is 7.89. The van der Waals surface area contributed by atoms with Crippen molar-refractivity contribution in [1.29, 1.82) is 5.26 Å². The van der Waals surface area contributed by atoms with Gasteiger partial charge in [-0.1, -0.05) is 23.7 Å². The summed E-state index contributed by atoms with van der Waals surface area (Å²) in [4.78, 5) is 8.01. The van der Waals surface area contributed by atoms with Gasteiger partial charge in [-0.15, -0.1) is 0 Å². The molecule has 1 aromatic heterocycles. The molecule has 0 spiro atoms. The van der Waals surface area contributed by atoms with E-state index < -0.39 is 15.8 Å². The molecular weight excluding hydrogens is 429 g/mol. The normalized spacial score (nSPS) is 14.7. The summed E-state index contributed by atoms with van der Waals surface area (Å²) in [6.45, 7) is 1.90. The van der Waals surface area contributed by atoms with E-state index in [1.807, 2.05) is 9.80 Å². The van der Waals surface area contributed by atoms with E-state index in [9.17, 15) is 18.1 Å². The number of pyridine rings is 1. The first-order valence-corrected chi connectivity index (χ1v) is 11.0. The number of hydrogen-bond donors (Lipinski definition) is 1. The van der Waals surface area contributed by atoms with Crippen molar-refractivity contribution in [2.24, 2.45) is 5.14 Å². The van der Waals surface area contributed by atoms with Crippen LogP contribution in [-0.4, -0.2) is 39.6 Å². The monoisotopic (exact) mass is 445 g/mol. The van der Waals surface area contributed by atoms with Crippen molar-refractivity contribution in [3.05, 3.63) is 59.0 Å². The second-order valence-electron chi connectivity index (χ2n) is 6.87. The topological polar surface area (TPSA) is 103 Å². The van der Waals surface area contributed by atoms with E-state index in [1.165, 1.54) is 24.4 Å². The standard InChI is InChI=1S/C20H17ClFN5O2S/c21-14-5-6-15(22)19-18(14)20(13(11-23)12-25-19)27-9-7-26(8-10-27)16-3-1-2-4-17(16)30(24,28)29/h1-6,12H,7-10H2,(H2,24,28,29). The average molecular weight is 446 g/mol. The maximum Gasteiger partial charge on any atom is 0.240 e. The van der Waals surface area contributed by atoms with Crippen LogP contribution in [-0.2, 0) is 10.0 Å². The Balaban J connectivity index is 1.71. The van der Waals surface area contributed by atoms with Crippen molar-refractivity contribution in [3.8, 4) is 6.07 Å². The number of nitrogens with zero attached hydrogens (tertiary/aromatic N) is 4. The zero-order valence-electron chi connectivity index (χ0n) is 15.7. The van der Waals surface area contributed by atoms with Crippen molar-refractivity contribution in [3.63, 3.8) is 0 Å². The van der Waals surface area contributed by atoms with Gasteiger partial charge >= 0.3 is 0 Å². The van der Waals surface area contributed by atoms with E-state index in [0.717, 1.165) is 0 Å². The summed E-state index contributed by atoms with van der Waals surface area (Å²) in [5.74, 6) is -0.513. The first kappa shape index (κ1) is 20.3. The fourth-order valence-electron chi connectivity index (χ4n) is 3.76. The summed E-state index contributed by atoms with van der Waals surface area (Å²) < 4.78 is 38.1. The molecule has 7 nitrogen and oxygen atoms in total. The number of para-hydroxylation sites is 1. The van der Waals surface area contributed by atoms with Crippen LogP contribution in [0.4, 0.5) is 15.8 Å². The fraction of sp³-hybridized carbons (Fsp3) is 0.200. The fourth-order valence-corrected chi connectivity index (χ4v) is 4.76. The molecule has 0 aliphatic carbocycles. The van der Waals surface area contributed by atoms with Gasteiger partial charge in [0.2, 0.25) is 10.0 Å². The highest BCUT2D eigenvalue weighted by atomic mass is 35.5. The van der Waals surface area contributed by atoms with Crippen molar-refractivity contribution in [1.82, 2.24) is 4.98 Å². The molecule has 30 heavy (non-hydrogen) atoms. The van der Waals surface area contributed by atoms with Crippen LogP contribution in [0, 0.1) is 17.1 Å². The molecule has 1 aliphatic heterocycles. The molecule has 1 saturated heterocycles. The second-order valence-corrected chi connectivity index (χ2v) is 8.81. The number of sulfonamides is 1. The molecule has 0 saturated carbocycles. The highest BCUT2D eigenvalue weighted by Gasteiger charge is 2.26. The molecule has 4 rings (SSSR count). The Labute approximate surface area is 178 Å². The third kappa shape index (κ3) is 3.54. The Morgan fingerprint density at radius 1 is 1.10 bits per heavy atom. The molecule has 0 radical (unpaired) electrons. The lowest BCUT2D eigenvalue weighted by atomic mass is 10.1. The number of fused-ring (bicyclic) bond motifs is 1. The van der Waals surface area contributed by atoms with Crippen LogP contribution in [0.5, 0.6) is 0 Å². The minimum atomic E-state index is -3.86. The lowest BCUT2D eigenvalue weighted by molar-refractivity contribution is 0.595. The predicted octanol–water partition coefficient (Wildman–Crippen LogP) is 2.87. The van der Waals surface area contributed by atoms with Crippen molar-refractivity contribution < 1.29 is 12.8 Å². The van der Waals surface area contributed by atoms with Crippen LogP contribution in [0.25, 0.3) is 10.9 Å². The second kappa shape index (κ2) is 7.72. The molecule has 2 aromatic carbocycles. The molecule has 2 heterocycles. The Morgan fingerprint density at radius 2 is 1.77 bits per heavy atom. The Morgan fingerprint density at radius 3 is 2.43 bits per heavy atom. The first-order chi connectivity index (χ1) is 14.3. The molecule has 3 aromatic rings. The van der Waals surface area contributed by atoms with Crippen LogP contribution in [0.3, 0.4) is 0 Å². The molecular formula is C20H17ClFN5O2S. The average Bonchev–Trinajstić information content (AvgIpc) is 2.75. The molecule has 154 valence electrons. The number of piperazine rings is 1. The third-order valence-corrected chi connectivity index (χ3v) is 6.39. The van der Waals surface area contributed by atoms with Gasteiger partial charge in [-0.05, 0) is 24.3 Å². The minimum Gasteiger partial charge on any atom is -0.367 e. The van der Waals surface area contributed by atoms with Crippen LogP contribution >= 0.6 is 11.6 Å². The van der Waals surface area contributed by atoms with Gasteiger partial charge in [-0.25, -0.2) is 17.9 Å². The molecule has 1 aliphatic rings. The lowest BCUT2D eigenvalue weighted by Gasteiger charge is -2.38. The molecule has 0 atom stereocenters. The summed E-state index contributed by atoms with van der Waals surface area (Å²) in [6.07, 6.45) is 1.35. The van der Waals surface area contributed by atoms with Gasteiger partial charge in [0.25, 0.3) is 0 Å². The predicted molar refractivity (Wildman–Crippen MR) is 114 cm³/mol. The van der Waals surface area contributed by atoms with E-state index in [2.05, 4.69) is 11.1 Å². The SMILES string of the molecule is N#Cc1cnc2c(F)ccc(Cl)c2c1N1CCN(c2ccccc2S(N)(=O)=O)CC1. The van der Waals surface area contributed by atoms with Crippen molar-refractivity contribution in [2.75, 3.05) is 36.0 Å². The van der Waals surface area contributed by atoms with E-state index in [1.54, 1.807) is 18.2 Å². The summed E-state index contributed by atoms with van der Waals surface area (Å²) in [7, 11) is -3.86. The summed E-state index contributed by atoms with van der Waals surface area (Å²) in [5.41, 5.74) is 1.47. The number of anilines is 2. The van der Waals surface area contributed by atoms with E-state index in [0.29, 0.717) is 53.5 Å². The molecule has 2 N–H and O–H groups in total. The van der Waals surface area contributed by atoms with Gasteiger partial charge in [-0.2, -0.15) is 5.26 Å². The van der Waals surface area contributed by atoms with E-state index in [4.69, 9.17) is 16.7 Å². The number of rotatable bonds is 3. The summed E-state index contributed by atoms with van der Waals surface area (Å²) >= 11 is 6.34. The number of halogens is 2. The van der Waals surface area contributed by atoms with Gasteiger partial charge in [0.15, 0.2) is 0 Å². The largest absolute Gasteiger partial charge is 0.367 e. The molecule has 0 amide bonds. The number of primary sulfonamides is 1. The van der Waals surface area contributed by atoms with Crippen LogP contribution in [0.1, 0.15) is 5.56 Å². The van der Waals surface area contributed by atoms with Crippen molar-refractivity contribution >= 4 is 43.9 Å². The minimum absolute atomic E-state index is 0.0654. The maximum absolute atomic E-state index is 14.3. The Hall–Kier alpha value is -2.93. The first-order valence-electron chi connectivity index (χ1n) is 9.10. The van der Waals surface area contributed by atoms with Gasteiger partial charge in [0.05, 0.1) is 22.0 Å². The molecule has 0 unspecified atom stereocenters. The zero-order valence-corrected chi connectivity index (χ0v) is 17.3. The lowest BCUT2D eigenvalue weighted by Crippen LogP contribution is -2.47. The molecule has 1 fully saturated rings. The quantitative estimate of drug-likeness (QED) is 0.664. The van der Waals surface area contributed by atoms with E-state index in [-0.39, 0.29) is 10.4 Å². The number of benzene rings is 2. The number of hydrogen-bond acceptors (Lipinski definition) is 6. The van der Waals surface area contributed by atoms with Crippen LogP contribution in [0.2, 0.25) is 5.02 Å². The Kier molecular flexibility index (Phi) is 5.24. The van der Waals surface area contributed by atoms with Gasteiger partial charge < -0.3 is 9.80 Å². The third-order valence-electron chi connectivity index (χ3n) is 5.12. The highest BCUT2D eigenvalue weighted by Crippen LogP contribution is 2.36. The van der Waals surface area contributed by atoms with Gasteiger partial charge in [0.1, 0.15) is 22.3 Å². The molecule has 0 bridgehead atoms. The Bertz CT molecular complexity index is 1280. The van der Waals surface area contributed by atoms with Crippen molar-refractivity contribution in [2.45, 2.75) is 4.90 Å². The maximum atomic E-state index is 14.3. The van der Waals surface area contributed by atoms with Crippen LogP contribution in [0.15, 0.2) is 47.5 Å². The summed E-state index contributed by atoms with van der Waals surface area (Å²) in [5, 5.41) is 15.6. The number of aromatic nitrogens is 1. The molecule has 10 heteroatoms. The van der Waals surface area contributed by atoms with Gasteiger partial charge in [0, 0.05) is 37.8 Å². The number of nitrogens with two attached hydrogens (primary N) is 1. The van der Waals surface area contributed by atoms with E-state index >= 15 is 0 Å². The summed E-state index contributed by atoms with van der Waals surface area (Å²) in [6, 6.07) is 11.4. The van der Waals surface area contributed by atoms with Gasteiger partial charge in [-0.3, -0.25) is 4.98 Å². The number of nitriles is 1. The smallest absolute Gasteiger partial charge is 0.240 e. The van der Waals surface area contributed by atoms with Crippen LogP contribution < -0.4 is 14.9 Å². The zero-order chi connectivity index (χ0) is 21.5.